The van der Waals surface area contributed by atoms with E-state index in [2.05, 4.69) is 5.32 Å². The summed E-state index contributed by atoms with van der Waals surface area (Å²) in [4.78, 5) is 35.9. The highest BCUT2D eigenvalue weighted by molar-refractivity contribution is 5.96. The summed E-state index contributed by atoms with van der Waals surface area (Å²) in [7, 11) is 0. The maximum atomic E-state index is 13.3. The molecule has 8 heteroatoms. The van der Waals surface area contributed by atoms with E-state index in [4.69, 9.17) is 0 Å². The number of benzene rings is 2. The van der Waals surface area contributed by atoms with Gasteiger partial charge in [-0.05, 0) is 23.8 Å². The average Bonchev–Trinajstić information content (AvgIpc) is 2.95. The summed E-state index contributed by atoms with van der Waals surface area (Å²) in [6, 6.07) is 11.1. The van der Waals surface area contributed by atoms with Gasteiger partial charge in [0.1, 0.15) is 5.82 Å². The third kappa shape index (κ3) is 4.02. The first kappa shape index (κ1) is 17.5. The number of hydrogen-bond acceptors (Lipinski definition) is 4. The zero-order valence-electron chi connectivity index (χ0n) is 13.7. The van der Waals surface area contributed by atoms with Crippen LogP contribution in [0.3, 0.4) is 0 Å². The molecule has 7 nitrogen and oxygen atoms in total. The van der Waals surface area contributed by atoms with Crippen LogP contribution in [0.1, 0.15) is 12.0 Å². The third-order valence-corrected chi connectivity index (χ3v) is 4.12. The van der Waals surface area contributed by atoms with Crippen molar-refractivity contribution in [2.45, 2.75) is 18.9 Å². The number of amides is 2. The van der Waals surface area contributed by atoms with Crippen LogP contribution in [0.4, 0.5) is 15.8 Å². The average molecular weight is 357 g/mol. The number of nitro benzene ring substituents is 1. The van der Waals surface area contributed by atoms with E-state index in [-0.39, 0.29) is 42.9 Å². The Bertz CT molecular complexity index is 854. The molecule has 1 atom stereocenters. The van der Waals surface area contributed by atoms with E-state index < -0.39 is 10.7 Å². The fraction of sp³-hybridized carbons (Fsp3) is 0.222. The van der Waals surface area contributed by atoms with Crippen LogP contribution in [0, 0.1) is 15.9 Å². The second kappa shape index (κ2) is 7.30. The largest absolute Gasteiger partial charge is 0.351 e. The molecular formula is C18H16FN3O4. The number of nitrogens with zero attached hydrogens (tertiary/aromatic N) is 2. The van der Waals surface area contributed by atoms with Crippen molar-refractivity contribution in [3.8, 4) is 0 Å². The minimum Gasteiger partial charge on any atom is -0.351 e. The zero-order chi connectivity index (χ0) is 18.7. The fourth-order valence-electron chi connectivity index (χ4n) is 2.90. The summed E-state index contributed by atoms with van der Waals surface area (Å²) >= 11 is 0. The topological polar surface area (TPSA) is 92.5 Å². The molecule has 1 fully saturated rings. The number of rotatable bonds is 5. The van der Waals surface area contributed by atoms with Crippen molar-refractivity contribution in [1.29, 1.82) is 0 Å². The van der Waals surface area contributed by atoms with E-state index in [9.17, 15) is 24.1 Å². The molecule has 0 spiro atoms. The van der Waals surface area contributed by atoms with Crippen molar-refractivity contribution in [1.82, 2.24) is 5.32 Å². The lowest BCUT2D eigenvalue weighted by Gasteiger charge is -2.17. The third-order valence-electron chi connectivity index (χ3n) is 4.12. The molecule has 0 unspecified atom stereocenters. The summed E-state index contributed by atoms with van der Waals surface area (Å²) in [6.07, 6.45) is 0.200. The van der Waals surface area contributed by atoms with Crippen molar-refractivity contribution in [2.24, 2.45) is 0 Å². The quantitative estimate of drug-likeness (QED) is 0.656. The van der Waals surface area contributed by atoms with E-state index in [1.54, 1.807) is 6.07 Å². The van der Waals surface area contributed by atoms with Crippen LogP contribution in [-0.2, 0) is 16.0 Å². The summed E-state index contributed by atoms with van der Waals surface area (Å²) in [5.74, 6) is -0.894. The molecule has 2 aromatic rings. The highest BCUT2D eigenvalue weighted by Gasteiger charge is 2.31. The Morgan fingerprint density at radius 2 is 2.00 bits per heavy atom. The molecule has 134 valence electrons. The molecule has 2 amide bonds. The van der Waals surface area contributed by atoms with Crippen LogP contribution in [-0.4, -0.2) is 29.3 Å². The molecule has 0 radical (unpaired) electrons. The Labute approximate surface area is 148 Å². The lowest BCUT2D eigenvalue weighted by molar-refractivity contribution is -0.384. The van der Waals surface area contributed by atoms with Gasteiger partial charge in [-0.3, -0.25) is 19.7 Å². The number of anilines is 1. The minimum atomic E-state index is -0.505. The summed E-state index contributed by atoms with van der Waals surface area (Å²) < 4.78 is 13.3. The van der Waals surface area contributed by atoms with Crippen LogP contribution >= 0.6 is 0 Å². The normalized spacial score (nSPS) is 16.6. The first-order valence-corrected chi connectivity index (χ1v) is 8.01. The predicted molar refractivity (Wildman–Crippen MR) is 92.1 cm³/mol. The van der Waals surface area contributed by atoms with Crippen LogP contribution in [0.5, 0.6) is 0 Å². The molecule has 1 saturated heterocycles. The van der Waals surface area contributed by atoms with Gasteiger partial charge in [-0.15, -0.1) is 0 Å². The van der Waals surface area contributed by atoms with Gasteiger partial charge in [0.25, 0.3) is 5.69 Å². The molecule has 1 N–H and O–H groups in total. The standard InChI is InChI=1S/C18H16FN3O4/c19-13-2-1-3-16(9-13)21-11-14(10-18(21)24)20-17(23)8-12-4-6-15(7-5-12)22(25)26/h1-7,9,14H,8,10-11H2,(H,20,23)/t14-/m1/s1. The maximum absolute atomic E-state index is 13.3. The number of non-ortho nitro benzene ring substituents is 1. The molecule has 0 saturated carbocycles. The molecule has 0 aromatic heterocycles. The fourth-order valence-corrected chi connectivity index (χ4v) is 2.90. The van der Waals surface area contributed by atoms with Gasteiger partial charge in [0, 0.05) is 30.8 Å². The summed E-state index contributed by atoms with van der Waals surface area (Å²) in [5, 5.41) is 13.4. The predicted octanol–water partition coefficient (Wildman–Crippen LogP) is 2.20. The second-order valence-corrected chi connectivity index (χ2v) is 6.05. The molecule has 0 aliphatic carbocycles. The molecule has 1 aliphatic rings. The van der Waals surface area contributed by atoms with Gasteiger partial charge in [0.15, 0.2) is 0 Å². The van der Waals surface area contributed by atoms with Crippen molar-refractivity contribution in [3.05, 3.63) is 70.0 Å². The van der Waals surface area contributed by atoms with E-state index in [1.165, 1.54) is 47.4 Å². The van der Waals surface area contributed by atoms with Crippen molar-refractivity contribution in [3.63, 3.8) is 0 Å². The number of nitrogens with one attached hydrogen (secondary N) is 1. The Hall–Kier alpha value is -3.29. The molecule has 1 heterocycles. The molecule has 2 aromatic carbocycles. The van der Waals surface area contributed by atoms with Gasteiger partial charge in [0.2, 0.25) is 11.8 Å². The Kier molecular flexibility index (Phi) is 4.92. The summed E-state index contributed by atoms with van der Waals surface area (Å²) in [5.41, 5.74) is 1.06. The number of nitro groups is 1. The highest BCUT2D eigenvalue weighted by atomic mass is 19.1. The number of carbonyl (C=O) groups is 2. The molecule has 1 aliphatic heterocycles. The van der Waals surface area contributed by atoms with Crippen molar-refractivity contribution >= 4 is 23.2 Å². The van der Waals surface area contributed by atoms with E-state index >= 15 is 0 Å². The van der Waals surface area contributed by atoms with Crippen molar-refractivity contribution in [2.75, 3.05) is 11.4 Å². The number of halogens is 1. The van der Waals surface area contributed by atoms with Crippen molar-refractivity contribution < 1.29 is 18.9 Å². The zero-order valence-corrected chi connectivity index (χ0v) is 13.7. The lowest BCUT2D eigenvalue weighted by atomic mass is 10.1. The van der Waals surface area contributed by atoms with E-state index in [0.717, 1.165) is 0 Å². The molecule has 3 rings (SSSR count). The van der Waals surface area contributed by atoms with Gasteiger partial charge >= 0.3 is 0 Å². The number of carbonyl (C=O) groups excluding carboxylic acids is 2. The smallest absolute Gasteiger partial charge is 0.269 e. The summed E-state index contributed by atoms with van der Waals surface area (Å²) in [6.45, 7) is 0.272. The SMILES string of the molecule is O=C(Cc1ccc([N+](=O)[O-])cc1)N[C@@H]1CC(=O)N(c2cccc(F)c2)C1. The van der Waals surface area contributed by atoms with Gasteiger partial charge < -0.3 is 10.2 Å². The van der Waals surface area contributed by atoms with Gasteiger partial charge in [-0.2, -0.15) is 0 Å². The monoisotopic (exact) mass is 357 g/mol. The van der Waals surface area contributed by atoms with E-state index in [1.807, 2.05) is 0 Å². The molecule has 26 heavy (non-hydrogen) atoms. The first-order valence-electron chi connectivity index (χ1n) is 8.01. The van der Waals surface area contributed by atoms with Gasteiger partial charge in [-0.25, -0.2) is 4.39 Å². The maximum Gasteiger partial charge on any atom is 0.269 e. The lowest BCUT2D eigenvalue weighted by Crippen LogP contribution is -2.38. The highest BCUT2D eigenvalue weighted by Crippen LogP contribution is 2.22. The van der Waals surface area contributed by atoms with Crippen LogP contribution in [0.25, 0.3) is 0 Å². The van der Waals surface area contributed by atoms with Crippen LogP contribution < -0.4 is 10.2 Å². The van der Waals surface area contributed by atoms with Gasteiger partial charge in [0.05, 0.1) is 17.4 Å². The Balaban J connectivity index is 1.58. The van der Waals surface area contributed by atoms with E-state index in [0.29, 0.717) is 11.3 Å². The molecular weight excluding hydrogens is 341 g/mol. The Morgan fingerprint density at radius 3 is 2.65 bits per heavy atom. The minimum absolute atomic E-state index is 0.0405. The number of hydrogen-bond donors (Lipinski definition) is 1. The van der Waals surface area contributed by atoms with Gasteiger partial charge in [-0.1, -0.05) is 18.2 Å². The first-order chi connectivity index (χ1) is 12.4. The van der Waals surface area contributed by atoms with Crippen LogP contribution in [0.15, 0.2) is 48.5 Å². The molecule has 0 bridgehead atoms. The van der Waals surface area contributed by atoms with Crippen LogP contribution in [0.2, 0.25) is 0 Å². The Morgan fingerprint density at radius 1 is 1.27 bits per heavy atom. The second-order valence-electron chi connectivity index (χ2n) is 6.05.